The fourth-order valence-electron chi connectivity index (χ4n) is 3.14. The number of nitrogens with zero attached hydrogens (tertiary/aromatic N) is 2. The van der Waals surface area contributed by atoms with E-state index in [0.29, 0.717) is 22.2 Å². The number of carbonyl (C=O) groups excluding carboxylic acids is 1. The second-order valence-electron chi connectivity index (χ2n) is 6.44. The van der Waals surface area contributed by atoms with Gasteiger partial charge in [-0.05, 0) is 42.4 Å². The molecule has 2 aromatic carbocycles. The Morgan fingerprint density at radius 1 is 1.04 bits per heavy atom. The lowest BCUT2D eigenvalue weighted by atomic mass is 10.1. The van der Waals surface area contributed by atoms with Gasteiger partial charge < -0.3 is 15.1 Å². The Kier molecular flexibility index (Phi) is 6.41. The van der Waals surface area contributed by atoms with Crippen LogP contribution in [-0.4, -0.2) is 43.5 Å². The molecule has 0 saturated carbocycles. The van der Waals surface area contributed by atoms with E-state index >= 15 is 0 Å². The van der Waals surface area contributed by atoms with Crippen LogP contribution in [-0.2, 0) is 11.2 Å². The van der Waals surface area contributed by atoms with Crippen LogP contribution in [0.25, 0.3) is 0 Å². The second-order valence-corrected chi connectivity index (χ2v) is 7.28. The average molecular weight is 392 g/mol. The van der Waals surface area contributed by atoms with Crippen LogP contribution in [0.3, 0.4) is 0 Å². The number of rotatable bonds is 5. The number of carbonyl (C=O) groups is 1. The first kappa shape index (κ1) is 19.0. The fraction of sp³-hybridized carbons (Fsp3) is 0.350. The second kappa shape index (κ2) is 8.76. The van der Waals surface area contributed by atoms with Gasteiger partial charge in [-0.25, -0.2) is 0 Å². The molecule has 1 heterocycles. The summed E-state index contributed by atoms with van der Waals surface area (Å²) in [7, 11) is 0. The maximum absolute atomic E-state index is 12.2. The third-order valence-corrected chi connectivity index (χ3v) is 5.22. The molecule has 1 aliphatic rings. The number of nitrogens with one attached hydrogen (secondary N) is 1. The topological polar surface area (TPSA) is 35.6 Å². The Labute approximate surface area is 164 Å². The summed E-state index contributed by atoms with van der Waals surface area (Å²) in [5, 5.41) is 4.24. The zero-order chi connectivity index (χ0) is 18.5. The molecule has 6 heteroatoms. The van der Waals surface area contributed by atoms with Crippen LogP contribution in [0, 0.1) is 0 Å². The lowest BCUT2D eigenvalue weighted by Gasteiger charge is -2.36. The van der Waals surface area contributed by atoms with Gasteiger partial charge in [0.1, 0.15) is 0 Å². The molecule has 3 rings (SSSR count). The molecule has 4 nitrogen and oxygen atoms in total. The molecule has 0 radical (unpaired) electrons. The van der Waals surface area contributed by atoms with Crippen molar-refractivity contribution in [3.05, 3.63) is 58.1 Å². The van der Waals surface area contributed by atoms with Crippen LogP contribution < -0.4 is 10.2 Å². The Morgan fingerprint density at radius 3 is 2.35 bits per heavy atom. The third-order valence-electron chi connectivity index (χ3n) is 4.67. The van der Waals surface area contributed by atoms with Gasteiger partial charge in [-0.1, -0.05) is 42.3 Å². The summed E-state index contributed by atoms with van der Waals surface area (Å²) in [6.07, 6.45) is 0.301. The molecule has 0 aliphatic carbocycles. The molecule has 0 unspecified atom stereocenters. The number of hydrogen-bond donors (Lipinski definition) is 1. The normalized spacial score (nSPS) is 15.1. The van der Waals surface area contributed by atoms with Crippen molar-refractivity contribution in [3.8, 4) is 0 Å². The lowest BCUT2D eigenvalue weighted by molar-refractivity contribution is -0.115. The van der Waals surface area contributed by atoms with Crippen LogP contribution in [0.2, 0.25) is 10.0 Å². The first-order chi connectivity index (χ1) is 12.5. The maximum Gasteiger partial charge on any atom is 0.228 e. The van der Waals surface area contributed by atoms with Crippen LogP contribution in [0.5, 0.6) is 0 Å². The van der Waals surface area contributed by atoms with Gasteiger partial charge in [0.25, 0.3) is 0 Å². The fourth-order valence-corrected chi connectivity index (χ4v) is 3.57. The third kappa shape index (κ3) is 4.91. The Balaban J connectivity index is 1.60. The molecule has 1 aliphatic heterocycles. The smallest absolute Gasteiger partial charge is 0.228 e. The van der Waals surface area contributed by atoms with Gasteiger partial charge in [-0.15, -0.1) is 0 Å². The van der Waals surface area contributed by atoms with Gasteiger partial charge in [-0.3, -0.25) is 4.79 Å². The molecule has 1 amide bonds. The van der Waals surface area contributed by atoms with Crippen molar-refractivity contribution >= 4 is 40.5 Å². The highest BCUT2D eigenvalue weighted by atomic mass is 35.5. The highest BCUT2D eigenvalue weighted by molar-refractivity contribution is 6.33. The molecule has 2 aromatic rings. The molecule has 26 heavy (non-hydrogen) atoms. The monoisotopic (exact) mass is 391 g/mol. The van der Waals surface area contributed by atoms with Crippen molar-refractivity contribution in [2.45, 2.75) is 13.3 Å². The van der Waals surface area contributed by atoms with Gasteiger partial charge in [0.2, 0.25) is 5.91 Å². The first-order valence-corrected chi connectivity index (χ1v) is 9.62. The molecule has 0 atom stereocenters. The molecular formula is C20H23Cl2N3O. The van der Waals surface area contributed by atoms with E-state index in [2.05, 4.69) is 22.0 Å². The SMILES string of the molecule is CCN1CCN(c2ccc(NC(=O)Cc3ccc(Cl)cc3)cc2Cl)CC1. The Bertz CT molecular complexity index is 756. The lowest BCUT2D eigenvalue weighted by Crippen LogP contribution is -2.46. The van der Waals surface area contributed by atoms with Crippen LogP contribution in [0.15, 0.2) is 42.5 Å². The number of amides is 1. The van der Waals surface area contributed by atoms with E-state index in [1.54, 1.807) is 12.1 Å². The summed E-state index contributed by atoms with van der Waals surface area (Å²) in [5.74, 6) is -0.0762. The summed E-state index contributed by atoms with van der Waals surface area (Å²) in [4.78, 5) is 17.0. The predicted molar refractivity (Wildman–Crippen MR) is 110 cm³/mol. The predicted octanol–water partition coefficient (Wildman–Crippen LogP) is 4.32. The van der Waals surface area contributed by atoms with Crippen molar-refractivity contribution in [2.75, 3.05) is 42.9 Å². The number of benzene rings is 2. The zero-order valence-electron chi connectivity index (χ0n) is 14.8. The van der Waals surface area contributed by atoms with E-state index in [1.165, 1.54) is 0 Å². The van der Waals surface area contributed by atoms with E-state index in [1.807, 2.05) is 30.3 Å². The van der Waals surface area contributed by atoms with Crippen LogP contribution in [0.4, 0.5) is 11.4 Å². The van der Waals surface area contributed by atoms with Crippen molar-refractivity contribution in [3.63, 3.8) is 0 Å². The minimum atomic E-state index is -0.0762. The summed E-state index contributed by atoms with van der Waals surface area (Å²) in [5.41, 5.74) is 2.66. The van der Waals surface area contributed by atoms with Gasteiger partial charge >= 0.3 is 0 Å². The number of hydrogen-bond acceptors (Lipinski definition) is 3. The average Bonchev–Trinajstić information content (AvgIpc) is 2.64. The highest BCUT2D eigenvalue weighted by Gasteiger charge is 2.18. The highest BCUT2D eigenvalue weighted by Crippen LogP contribution is 2.29. The minimum absolute atomic E-state index is 0.0762. The molecule has 0 aromatic heterocycles. The quantitative estimate of drug-likeness (QED) is 0.824. The standard InChI is InChI=1S/C20H23Cl2N3O/c1-2-24-9-11-25(12-10-24)19-8-7-17(14-18(19)22)23-20(26)13-15-3-5-16(21)6-4-15/h3-8,14H,2,9-13H2,1H3,(H,23,26). The van der Waals surface area contributed by atoms with E-state index in [0.717, 1.165) is 44.0 Å². The zero-order valence-corrected chi connectivity index (χ0v) is 16.4. The number of likely N-dealkylation sites (N-methyl/N-ethyl adjacent to an activating group) is 1. The van der Waals surface area contributed by atoms with Crippen molar-refractivity contribution in [2.24, 2.45) is 0 Å². The molecule has 138 valence electrons. The summed E-state index contributed by atoms with van der Waals surface area (Å²) < 4.78 is 0. The number of anilines is 2. The largest absolute Gasteiger partial charge is 0.368 e. The van der Waals surface area contributed by atoms with Crippen LogP contribution in [0.1, 0.15) is 12.5 Å². The Hall–Kier alpha value is -1.75. The van der Waals surface area contributed by atoms with E-state index in [4.69, 9.17) is 23.2 Å². The van der Waals surface area contributed by atoms with E-state index in [9.17, 15) is 4.79 Å². The molecule has 0 bridgehead atoms. The minimum Gasteiger partial charge on any atom is -0.368 e. The molecule has 0 spiro atoms. The summed E-state index contributed by atoms with van der Waals surface area (Å²) >= 11 is 12.3. The molecule has 1 N–H and O–H groups in total. The number of piperazine rings is 1. The Morgan fingerprint density at radius 2 is 1.73 bits per heavy atom. The van der Waals surface area contributed by atoms with Crippen molar-refractivity contribution in [1.29, 1.82) is 0 Å². The van der Waals surface area contributed by atoms with Gasteiger partial charge in [-0.2, -0.15) is 0 Å². The first-order valence-electron chi connectivity index (χ1n) is 8.86. The molecule has 1 saturated heterocycles. The number of halogens is 2. The summed E-state index contributed by atoms with van der Waals surface area (Å²) in [6.45, 7) is 7.30. The molecule has 1 fully saturated rings. The molecular weight excluding hydrogens is 369 g/mol. The maximum atomic E-state index is 12.2. The van der Waals surface area contributed by atoms with Crippen molar-refractivity contribution < 1.29 is 4.79 Å². The summed E-state index contributed by atoms with van der Waals surface area (Å²) in [6, 6.07) is 13.0. The van der Waals surface area contributed by atoms with Gasteiger partial charge in [0.05, 0.1) is 17.1 Å². The van der Waals surface area contributed by atoms with Gasteiger partial charge in [0, 0.05) is 36.9 Å². The van der Waals surface area contributed by atoms with Crippen molar-refractivity contribution in [1.82, 2.24) is 4.90 Å². The van der Waals surface area contributed by atoms with E-state index in [-0.39, 0.29) is 5.91 Å². The van der Waals surface area contributed by atoms with Crippen LogP contribution >= 0.6 is 23.2 Å². The van der Waals surface area contributed by atoms with Gasteiger partial charge in [0.15, 0.2) is 0 Å². The van der Waals surface area contributed by atoms with E-state index < -0.39 is 0 Å².